The lowest BCUT2D eigenvalue weighted by atomic mass is 10.3. The molecule has 0 bridgehead atoms. The number of rotatable bonds is 3. The van der Waals surface area contributed by atoms with E-state index in [4.69, 9.17) is 5.73 Å². The van der Waals surface area contributed by atoms with E-state index in [2.05, 4.69) is 43.3 Å². The summed E-state index contributed by atoms with van der Waals surface area (Å²) in [5, 5.41) is 2.08. The molecule has 5 heteroatoms. The minimum Gasteiger partial charge on any atom is -0.397 e. The molecule has 0 spiro atoms. The molecule has 3 nitrogen and oxygen atoms in total. The first-order valence-electron chi connectivity index (χ1n) is 4.81. The van der Waals surface area contributed by atoms with E-state index in [1.807, 2.05) is 13.1 Å². The summed E-state index contributed by atoms with van der Waals surface area (Å²) in [5.41, 5.74) is 6.32. The predicted octanol–water partition coefficient (Wildman–Crippen LogP) is 3.12. The average Bonchev–Trinajstić information content (AvgIpc) is 2.70. The maximum atomic E-state index is 5.65. The lowest BCUT2D eigenvalue weighted by Crippen LogP contribution is -2.17. The van der Waals surface area contributed by atoms with Gasteiger partial charge in [0, 0.05) is 11.9 Å². The normalized spacial score (nSPS) is 10.4. The Morgan fingerprint density at radius 1 is 1.56 bits per heavy atom. The molecule has 0 aliphatic rings. The van der Waals surface area contributed by atoms with Crippen LogP contribution in [0.2, 0.25) is 0 Å². The third-order valence-corrected chi connectivity index (χ3v) is 3.62. The van der Waals surface area contributed by atoms with Crippen molar-refractivity contribution in [2.75, 3.05) is 17.7 Å². The van der Waals surface area contributed by atoms with Gasteiger partial charge < -0.3 is 10.6 Å². The maximum absolute atomic E-state index is 5.65. The van der Waals surface area contributed by atoms with Crippen molar-refractivity contribution in [1.29, 1.82) is 0 Å². The van der Waals surface area contributed by atoms with Crippen molar-refractivity contribution in [3.63, 3.8) is 0 Å². The highest BCUT2D eigenvalue weighted by atomic mass is 79.9. The van der Waals surface area contributed by atoms with Gasteiger partial charge >= 0.3 is 0 Å². The summed E-state index contributed by atoms with van der Waals surface area (Å²) in [5.74, 6) is 0.905. The van der Waals surface area contributed by atoms with Gasteiger partial charge in [-0.1, -0.05) is 6.07 Å². The molecule has 0 unspecified atom stereocenters. The molecule has 0 amide bonds. The summed E-state index contributed by atoms with van der Waals surface area (Å²) in [6, 6.07) is 6.04. The zero-order valence-corrected chi connectivity index (χ0v) is 11.3. The van der Waals surface area contributed by atoms with Crippen LogP contribution in [0.3, 0.4) is 0 Å². The molecule has 0 aromatic carbocycles. The van der Waals surface area contributed by atoms with Gasteiger partial charge in [0.05, 0.1) is 22.9 Å². The van der Waals surface area contributed by atoms with Crippen molar-refractivity contribution >= 4 is 38.8 Å². The Kier molecular flexibility index (Phi) is 3.46. The standard InChI is InChI=1S/C11H12BrN3S/c1-15(7-9-3-2-4-16-9)11-10(12)5-8(13)6-14-11/h2-6H,7,13H2,1H3. The summed E-state index contributed by atoms with van der Waals surface area (Å²) in [6.45, 7) is 0.854. The van der Waals surface area contributed by atoms with Crippen LogP contribution in [0.15, 0.2) is 34.2 Å². The second-order valence-electron chi connectivity index (χ2n) is 3.51. The van der Waals surface area contributed by atoms with Crippen LogP contribution in [-0.4, -0.2) is 12.0 Å². The molecule has 0 saturated carbocycles. The highest BCUT2D eigenvalue weighted by Crippen LogP contribution is 2.26. The van der Waals surface area contributed by atoms with E-state index < -0.39 is 0 Å². The first-order chi connectivity index (χ1) is 7.66. The molecule has 0 saturated heterocycles. The molecular formula is C11H12BrN3S. The average molecular weight is 298 g/mol. The largest absolute Gasteiger partial charge is 0.397 e. The number of halogens is 1. The van der Waals surface area contributed by atoms with Gasteiger partial charge in [-0.3, -0.25) is 0 Å². The Labute approximate surface area is 107 Å². The number of hydrogen-bond donors (Lipinski definition) is 1. The summed E-state index contributed by atoms with van der Waals surface area (Å²) in [7, 11) is 2.02. The van der Waals surface area contributed by atoms with Crippen molar-refractivity contribution in [2.45, 2.75) is 6.54 Å². The highest BCUT2D eigenvalue weighted by molar-refractivity contribution is 9.10. The van der Waals surface area contributed by atoms with E-state index >= 15 is 0 Å². The van der Waals surface area contributed by atoms with Crippen molar-refractivity contribution in [3.05, 3.63) is 39.1 Å². The number of nitrogens with two attached hydrogens (primary N) is 1. The lowest BCUT2D eigenvalue weighted by Gasteiger charge is -2.18. The minimum atomic E-state index is 0.667. The molecule has 2 rings (SSSR count). The highest BCUT2D eigenvalue weighted by Gasteiger charge is 2.08. The Morgan fingerprint density at radius 2 is 2.38 bits per heavy atom. The van der Waals surface area contributed by atoms with Crippen molar-refractivity contribution in [1.82, 2.24) is 4.98 Å². The molecule has 0 atom stereocenters. The monoisotopic (exact) mass is 297 g/mol. The van der Waals surface area contributed by atoms with Crippen LogP contribution in [0.1, 0.15) is 4.88 Å². The smallest absolute Gasteiger partial charge is 0.143 e. The predicted molar refractivity (Wildman–Crippen MR) is 72.8 cm³/mol. The maximum Gasteiger partial charge on any atom is 0.143 e. The second-order valence-corrected chi connectivity index (χ2v) is 5.40. The van der Waals surface area contributed by atoms with E-state index in [0.717, 1.165) is 16.8 Å². The summed E-state index contributed by atoms with van der Waals surface area (Å²) in [6.07, 6.45) is 1.67. The fourth-order valence-electron chi connectivity index (χ4n) is 1.44. The molecule has 0 aliphatic carbocycles. The van der Waals surface area contributed by atoms with Crippen molar-refractivity contribution in [3.8, 4) is 0 Å². The minimum absolute atomic E-state index is 0.667. The summed E-state index contributed by atoms with van der Waals surface area (Å²) < 4.78 is 0.923. The number of anilines is 2. The molecule has 2 aromatic rings. The van der Waals surface area contributed by atoms with Crippen molar-refractivity contribution < 1.29 is 0 Å². The SMILES string of the molecule is CN(Cc1cccs1)c1ncc(N)cc1Br. The van der Waals surface area contributed by atoms with E-state index in [1.165, 1.54) is 4.88 Å². The van der Waals surface area contributed by atoms with Gasteiger partial charge in [0.15, 0.2) is 0 Å². The van der Waals surface area contributed by atoms with Crippen LogP contribution in [0, 0.1) is 0 Å². The molecule has 0 aliphatic heterocycles. The van der Waals surface area contributed by atoms with Crippen molar-refractivity contribution in [2.24, 2.45) is 0 Å². The van der Waals surface area contributed by atoms with Gasteiger partial charge in [-0.2, -0.15) is 0 Å². The zero-order valence-electron chi connectivity index (χ0n) is 8.85. The first kappa shape index (κ1) is 11.4. The molecule has 2 N–H and O–H groups in total. The second kappa shape index (κ2) is 4.84. The van der Waals surface area contributed by atoms with Gasteiger partial charge in [0.25, 0.3) is 0 Å². The molecule has 84 valence electrons. The van der Waals surface area contributed by atoms with Gasteiger partial charge in [-0.15, -0.1) is 11.3 Å². The third-order valence-electron chi connectivity index (χ3n) is 2.18. The van der Waals surface area contributed by atoms with E-state index in [1.54, 1.807) is 17.5 Å². The quantitative estimate of drug-likeness (QED) is 0.946. The number of nitrogen functional groups attached to an aromatic ring is 1. The molecular weight excluding hydrogens is 286 g/mol. The molecule has 2 aromatic heterocycles. The van der Waals surface area contributed by atoms with Gasteiger partial charge in [0.1, 0.15) is 5.82 Å². The van der Waals surface area contributed by atoms with E-state index in [-0.39, 0.29) is 0 Å². The first-order valence-corrected chi connectivity index (χ1v) is 6.48. The lowest BCUT2D eigenvalue weighted by molar-refractivity contribution is 0.909. The fraction of sp³-hybridized carbons (Fsp3) is 0.182. The van der Waals surface area contributed by atoms with Gasteiger partial charge in [-0.25, -0.2) is 4.98 Å². The number of nitrogens with zero attached hydrogens (tertiary/aromatic N) is 2. The molecule has 16 heavy (non-hydrogen) atoms. The van der Waals surface area contributed by atoms with E-state index in [9.17, 15) is 0 Å². The van der Waals surface area contributed by atoms with Crippen LogP contribution in [0.25, 0.3) is 0 Å². The number of pyridine rings is 1. The van der Waals surface area contributed by atoms with Crippen LogP contribution in [0.5, 0.6) is 0 Å². The number of hydrogen-bond acceptors (Lipinski definition) is 4. The molecule has 0 radical (unpaired) electrons. The zero-order chi connectivity index (χ0) is 11.5. The molecule has 2 heterocycles. The topological polar surface area (TPSA) is 42.2 Å². The Bertz CT molecular complexity index is 470. The van der Waals surface area contributed by atoms with Crippen LogP contribution in [-0.2, 0) is 6.54 Å². The number of thiophene rings is 1. The summed E-state index contributed by atoms with van der Waals surface area (Å²) >= 11 is 5.22. The van der Waals surface area contributed by atoms with Gasteiger partial charge in [0.2, 0.25) is 0 Å². The van der Waals surface area contributed by atoms with Crippen LogP contribution < -0.4 is 10.6 Å². The Balaban J connectivity index is 2.17. The van der Waals surface area contributed by atoms with E-state index in [0.29, 0.717) is 5.69 Å². The number of aromatic nitrogens is 1. The Hall–Kier alpha value is -1.07. The third kappa shape index (κ3) is 2.54. The molecule has 0 fully saturated rings. The Morgan fingerprint density at radius 3 is 3.00 bits per heavy atom. The van der Waals surface area contributed by atoms with Crippen LogP contribution >= 0.6 is 27.3 Å². The summed E-state index contributed by atoms with van der Waals surface area (Å²) in [4.78, 5) is 7.72. The van der Waals surface area contributed by atoms with Gasteiger partial charge in [-0.05, 0) is 33.4 Å². The van der Waals surface area contributed by atoms with Crippen LogP contribution in [0.4, 0.5) is 11.5 Å². The fourth-order valence-corrected chi connectivity index (χ4v) is 2.86.